The number of nitrogens with zero attached hydrogens (tertiary/aromatic N) is 2. The quantitative estimate of drug-likeness (QED) is 0.626. The fourth-order valence-electron chi connectivity index (χ4n) is 5.44. The Morgan fingerprint density at radius 3 is 2.30 bits per heavy atom. The molecule has 0 bridgehead atoms. The van der Waals surface area contributed by atoms with Gasteiger partial charge in [0, 0.05) is 6.07 Å². The van der Waals surface area contributed by atoms with Crippen LogP contribution in [0, 0.1) is 24.7 Å². The molecule has 2 aromatic rings. The highest BCUT2D eigenvalue weighted by Gasteiger charge is 2.54. The number of hydrogen-bond acceptors (Lipinski definition) is 5. The Morgan fingerprint density at radius 2 is 1.70 bits per heavy atom. The van der Waals surface area contributed by atoms with Gasteiger partial charge in [0.05, 0.1) is 17.5 Å². The maximum absolute atomic E-state index is 13.9. The predicted molar refractivity (Wildman–Crippen MR) is 125 cm³/mol. The van der Waals surface area contributed by atoms with Gasteiger partial charge in [-0.2, -0.15) is 0 Å². The van der Waals surface area contributed by atoms with Gasteiger partial charge in [0.15, 0.2) is 17.4 Å². The lowest BCUT2D eigenvalue weighted by molar-refractivity contribution is -0.134. The summed E-state index contributed by atoms with van der Waals surface area (Å²) in [7, 11) is 0. The number of benzene rings is 1. The number of fused-ring (bicyclic) bond motifs is 1. The van der Waals surface area contributed by atoms with Gasteiger partial charge in [-0.15, -0.1) is 0 Å². The minimum atomic E-state index is -0.575. The Kier molecular flexibility index (Phi) is 5.03. The molecule has 2 aliphatic heterocycles. The second kappa shape index (κ2) is 7.57. The van der Waals surface area contributed by atoms with Crippen LogP contribution in [-0.4, -0.2) is 23.0 Å². The summed E-state index contributed by atoms with van der Waals surface area (Å²) in [4.78, 5) is 29.1. The van der Waals surface area contributed by atoms with Crippen molar-refractivity contribution < 1.29 is 18.8 Å². The molecule has 1 aliphatic carbocycles. The Balaban J connectivity index is 1.61. The van der Waals surface area contributed by atoms with Gasteiger partial charge in [-0.1, -0.05) is 64.0 Å². The van der Waals surface area contributed by atoms with Crippen LogP contribution in [-0.2, 0) is 19.7 Å². The summed E-state index contributed by atoms with van der Waals surface area (Å²) in [5.74, 6) is 1.60. The fraction of sp³-hybridized carbons (Fsp3) is 0.519. The molecule has 6 heteroatoms. The van der Waals surface area contributed by atoms with Crippen LogP contribution in [0.15, 0.2) is 46.2 Å². The molecule has 1 aromatic heterocycles. The van der Waals surface area contributed by atoms with E-state index in [0.717, 1.165) is 18.4 Å². The monoisotopic (exact) mass is 448 g/mol. The van der Waals surface area contributed by atoms with Crippen molar-refractivity contribution in [3.8, 4) is 0 Å². The standard InChI is InChI=1S/C27H32N2O4/c1-14-11-19-20(12-15(14)2)32-25-22(24(19)30)23(17-7-9-18(10-8-17)27(4,5)6)29(26(25)31)21-13-16(3)33-28-21/h7-10,13-15,19-20,23H,11-12H2,1-6H3. The van der Waals surface area contributed by atoms with E-state index in [0.29, 0.717) is 29.0 Å². The minimum Gasteiger partial charge on any atom is -0.483 e. The van der Waals surface area contributed by atoms with Crippen molar-refractivity contribution in [1.82, 2.24) is 5.16 Å². The first-order valence-corrected chi connectivity index (χ1v) is 11.9. The van der Waals surface area contributed by atoms with Crippen molar-refractivity contribution in [3.63, 3.8) is 0 Å². The zero-order valence-corrected chi connectivity index (χ0v) is 20.2. The lowest BCUT2D eigenvalue weighted by Gasteiger charge is -2.40. The van der Waals surface area contributed by atoms with E-state index in [4.69, 9.17) is 9.26 Å². The molecular weight excluding hydrogens is 416 g/mol. The molecule has 5 rings (SSSR count). The highest BCUT2D eigenvalue weighted by molar-refractivity contribution is 6.17. The second-order valence-corrected chi connectivity index (χ2v) is 11.0. The van der Waals surface area contributed by atoms with E-state index in [1.165, 1.54) is 5.56 Å². The van der Waals surface area contributed by atoms with Crippen molar-refractivity contribution in [3.05, 3.63) is 58.6 Å². The summed E-state index contributed by atoms with van der Waals surface area (Å²) >= 11 is 0. The van der Waals surface area contributed by atoms with E-state index in [2.05, 4.69) is 51.9 Å². The predicted octanol–water partition coefficient (Wildman–Crippen LogP) is 5.27. The number of ketones is 1. The Labute approximate surface area is 195 Å². The van der Waals surface area contributed by atoms with Crippen molar-refractivity contribution in [2.45, 2.75) is 71.9 Å². The molecule has 0 spiro atoms. The molecule has 0 radical (unpaired) electrons. The molecule has 3 aliphatic rings. The van der Waals surface area contributed by atoms with Gasteiger partial charge >= 0.3 is 0 Å². The smallest absolute Gasteiger partial charge is 0.295 e. The van der Waals surface area contributed by atoms with Crippen LogP contribution in [0.4, 0.5) is 5.82 Å². The molecule has 0 saturated heterocycles. The van der Waals surface area contributed by atoms with Crippen molar-refractivity contribution in [2.24, 2.45) is 17.8 Å². The van der Waals surface area contributed by atoms with Gasteiger partial charge in [0.2, 0.25) is 0 Å². The van der Waals surface area contributed by atoms with Crippen LogP contribution in [0.5, 0.6) is 0 Å². The SMILES string of the molecule is Cc1cc(N2C(=O)C3=C(C(=O)C4CC(C)C(C)CC4O3)C2c2ccc(C(C)(C)C)cc2)no1. The van der Waals surface area contributed by atoms with Gasteiger partial charge in [-0.25, -0.2) is 0 Å². The first-order chi connectivity index (χ1) is 15.6. The normalized spacial score (nSPS) is 29.8. The Morgan fingerprint density at radius 1 is 1.03 bits per heavy atom. The number of rotatable bonds is 2. The second-order valence-electron chi connectivity index (χ2n) is 11.0. The highest BCUT2D eigenvalue weighted by Crippen LogP contribution is 2.49. The Hall–Kier alpha value is -2.89. The van der Waals surface area contributed by atoms with Crippen LogP contribution in [0.1, 0.15) is 70.4 Å². The molecule has 5 unspecified atom stereocenters. The van der Waals surface area contributed by atoms with Gasteiger partial charge < -0.3 is 9.26 Å². The van der Waals surface area contributed by atoms with Crippen LogP contribution in [0.2, 0.25) is 0 Å². The van der Waals surface area contributed by atoms with E-state index in [1.807, 2.05) is 12.1 Å². The van der Waals surface area contributed by atoms with Gasteiger partial charge in [0.1, 0.15) is 11.9 Å². The summed E-state index contributed by atoms with van der Waals surface area (Å²) in [6.07, 6.45) is 1.33. The minimum absolute atomic E-state index is 0.00326. The van der Waals surface area contributed by atoms with Crippen molar-refractivity contribution in [2.75, 3.05) is 4.90 Å². The molecule has 3 heterocycles. The van der Waals surface area contributed by atoms with Crippen molar-refractivity contribution >= 4 is 17.5 Å². The number of carbonyl (C=O) groups is 2. The van der Waals surface area contributed by atoms with E-state index in [9.17, 15) is 9.59 Å². The largest absolute Gasteiger partial charge is 0.483 e. The summed E-state index contributed by atoms with van der Waals surface area (Å²) in [5.41, 5.74) is 2.53. The van der Waals surface area contributed by atoms with Gasteiger partial charge in [-0.05, 0) is 48.1 Å². The molecule has 5 atom stereocenters. The third kappa shape index (κ3) is 3.51. The molecule has 1 amide bonds. The first kappa shape index (κ1) is 21.9. The molecule has 1 aromatic carbocycles. The highest BCUT2D eigenvalue weighted by atomic mass is 16.5. The van der Waals surface area contributed by atoms with Crippen LogP contribution < -0.4 is 4.90 Å². The summed E-state index contributed by atoms with van der Waals surface area (Å²) in [5, 5.41) is 4.12. The van der Waals surface area contributed by atoms with E-state index in [1.54, 1.807) is 17.9 Å². The van der Waals surface area contributed by atoms with Crippen LogP contribution in [0.3, 0.4) is 0 Å². The third-order valence-corrected chi connectivity index (χ3v) is 7.67. The lowest BCUT2D eigenvalue weighted by atomic mass is 9.70. The maximum Gasteiger partial charge on any atom is 0.295 e. The van der Waals surface area contributed by atoms with E-state index >= 15 is 0 Å². The van der Waals surface area contributed by atoms with Crippen LogP contribution in [0.25, 0.3) is 0 Å². The Bertz CT molecular complexity index is 1140. The first-order valence-electron chi connectivity index (χ1n) is 11.9. The number of aromatic nitrogens is 1. The van der Waals surface area contributed by atoms with Gasteiger partial charge in [-0.3, -0.25) is 14.5 Å². The molecule has 0 N–H and O–H groups in total. The number of carbonyl (C=O) groups excluding carboxylic acids is 2. The number of ether oxygens (including phenoxy) is 1. The average molecular weight is 449 g/mol. The molecular formula is C27H32N2O4. The number of aryl methyl sites for hydroxylation is 1. The third-order valence-electron chi connectivity index (χ3n) is 7.67. The maximum atomic E-state index is 13.9. The summed E-state index contributed by atoms with van der Waals surface area (Å²) in [6.45, 7) is 12.7. The summed E-state index contributed by atoms with van der Waals surface area (Å²) in [6, 6.07) is 9.33. The summed E-state index contributed by atoms with van der Waals surface area (Å²) < 4.78 is 11.6. The van der Waals surface area contributed by atoms with E-state index in [-0.39, 0.29) is 34.9 Å². The molecule has 174 valence electrons. The zero-order valence-electron chi connectivity index (χ0n) is 20.2. The van der Waals surface area contributed by atoms with Crippen LogP contribution >= 0.6 is 0 Å². The number of Topliss-reactive ketones (excluding diaryl/α,β-unsaturated/α-hetero) is 1. The molecule has 1 fully saturated rings. The molecule has 33 heavy (non-hydrogen) atoms. The number of anilines is 1. The topological polar surface area (TPSA) is 72.6 Å². The average Bonchev–Trinajstić information content (AvgIpc) is 3.30. The fourth-order valence-corrected chi connectivity index (χ4v) is 5.44. The lowest BCUT2D eigenvalue weighted by Crippen LogP contribution is -2.43. The molecule has 1 saturated carbocycles. The van der Waals surface area contributed by atoms with E-state index < -0.39 is 6.04 Å². The van der Waals surface area contributed by atoms with Gasteiger partial charge in [0.25, 0.3) is 5.91 Å². The zero-order chi connectivity index (χ0) is 23.7. The van der Waals surface area contributed by atoms with Crippen molar-refractivity contribution in [1.29, 1.82) is 0 Å². The number of amides is 1. The molecule has 6 nitrogen and oxygen atoms in total. The number of hydrogen-bond donors (Lipinski definition) is 0.